The molecule has 2 rings (SSSR count). The summed E-state index contributed by atoms with van der Waals surface area (Å²) in [6, 6.07) is 0. The molecule has 1 fully saturated rings. The predicted octanol–water partition coefficient (Wildman–Crippen LogP) is 0.423. The molecule has 0 aliphatic heterocycles. The van der Waals surface area contributed by atoms with E-state index in [4.69, 9.17) is 5.73 Å². The van der Waals surface area contributed by atoms with E-state index >= 15 is 0 Å². The lowest BCUT2D eigenvalue weighted by Crippen LogP contribution is -2.59. The van der Waals surface area contributed by atoms with Gasteiger partial charge in [-0.05, 0) is 18.8 Å². The van der Waals surface area contributed by atoms with Crippen LogP contribution < -0.4 is 10.5 Å². The van der Waals surface area contributed by atoms with E-state index in [0.717, 1.165) is 25.7 Å². The van der Waals surface area contributed by atoms with E-state index in [2.05, 4.69) is 22.0 Å². The fraction of sp³-hybridized carbons (Fsp3) is 0.818. The van der Waals surface area contributed by atoms with Gasteiger partial charge in [-0.25, -0.2) is 17.8 Å². The highest BCUT2D eigenvalue weighted by molar-refractivity contribution is 7.89. The topological polar surface area (TPSA) is 103 Å². The molecule has 0 radical (unpaired) electrons. The smallest absolute Gasteiger partial charge is 0.259 e. The maximum Gasteiger partial charge on any atom is 0.259 e. The van der Waals surface area contributed by atoms with Gasteiger partial charge in [-0.3, -0.25) is 0 Å². The number of rotatable bonds is 4. The quantitative estimate of drug-likeness (QED) is 0.836. The van der Waals surface area contributed by atoms with Crippen LogP contribution in [0.4, 0.5) is 0 Å². The number of sulfonamides is 1. The SMILES string of the molecule is CC1CCCCC1(CN)NS(=O)(=O)c1cnnn1C.Cl. The zero-order valence-electron chi connectivity index (χ0n) is 11.7. The van der Waals surface area contributed by atoms with Crippen molar-refractivity contribution in [1.82, 2.24) is 19.7 Å². The molecule has 2 unspecified atom stereocenters. The molecule has 0 bridgehead atoms. The minimum Gasteiger partial charge on any atom is -0.329 e. The van der Waals surface area contributed by atoms with E-state index in [1.165, 1.54) is 10.9 Å². The molecule has 0 saturated heterocycles. The Morgan fingerprint density at radius 1 is 1.55 bits per heavy atom. The standard InChI is InChI=1S/C11H21N5O2S.ClH/c1-9-5-3-4-6-11(9,8-12)14-19(17,18)10-7-13-15-16(10)2;/h7,9,14H,3-6,8,12H2,1-2H3;1H. The van der Waals surface area contributed by atoms with Crippen LogP contribution in [0.2, 0.25) is 0 Å². The van der Waals surface area contributed by atoms with Gasteiger partial charge in [0.2, 0.25) is 0 Å². The van der Waals surface area contributed by atoms with Gasteiger partial charge in [-0.2, -0.15) is 0 Å². The summed E-state index contributed by atoms with van der Waals surface area (Å²) in [6.45, 7) is 2.36. The number of hydrogen-bond donors (Lipinski definition) is 2. The highest BCUT2D eigenvalue weighted by Gasteiger charge is 2.41. The minimum atomic E-state index is -3.64. The van der Waals surface area contributed by atoms with Crippen LogP contribution in [0.5, 0.6) is 0 Å². The first-order valence-electron chi connectivity index (χ1n) is 6.50. The molecular formula is C11H22ClN5O2S. The summed E-state index contributed by atoms with van der Waals surface area (Å²) in [7, 11) is -2.09. The molecule has 0 aromatic carbocycles. The molecule has 0 amide bonds. The van der Waals surface area contributed by atoms with Crippen molar-refractivity contribution >= 4 is 22.4 Å². The van der Waals surface area contributed by atoms with Crippen LogP contribution in [0.25, 0.3) is 0 Å². The number of hydrogen-bond acceptors (Lipinski definition) is 5. The fourth-order valence-corrected chi connectivity index (χ4v) is 4.35. The Labute approximate surface area is 125 Å². The molecule has 1 aromatic heterocycles. The van der Waals surface area contributed by atoms with Crippen molar-refractivity contribution in [3.8, 4) is 0 Å². The lowest BCUT2D eigenvalue weighted by molar-refractivity contribution is 0.191. The summed E-state index contributed by atoms with van der Waals surface area (Å²) in [4.78, 5) is 0. The number of aromatic nitrogens is 3. The molecule has 9 heteroatoms. The molecule has 1 heterocycles. The van der Waals surface area contributed by atoms with Crippen LogP contribution in [0.3, 0.4) is 0 Å². The number of aryl methyl sites for hydroxylation is 1. The van der Waals surface area contributed by atoms with Crippen molar-refractivity contribution in [1.29, 1.82) is 0 Å². The molecular weight excluding hydrogens is 302 g/mol. The van der Waals surface area contributed by atoms with Gasteiger partial charge in [0.1, 0.15) is 0 Å². The molecule has 1 saturated carbocycles. The Morgan fingerprint density at radius 3 is 2.75 bits per heavy atom. The molecule has 1 aromatic rings. The number of nitrogens with one attached hydrogen (secondary N) is 1. The Morgan fingerprint density at radius 2 is 2.25 bits per heavy atom. The van der Waals surface area contributed by atoms with Crippen LogP contribution in [-0.4, -0.2) is 35.5 Å². The summed E-state index contributed by atoms with van der Waals surface area (Å²) < 4.78 is 28.9. The fourth-order valence-electron chi connectivity index (χ4n) is 2.75. The molecule has 1 aliphatic rings. The molecule has 2 atom stereocenters. The van der Waals surface area contributed by atoms with Gasteiger partial charge in [0, 0.05) is 19.1 Å². The minimum absolute atomic E-state index is 0. The zero-order chi connectivity index (χ0) is 14.1. The van der Waals surface area contributed by atoms with Crippen molar-refractivity contribution in [2.75, 3.05) is 6.54 Å². The third-order valence-electron chi connectivity index (χ3n) is 4.10. The predicted molar refractivity (Wildman–Crippen MR) is 78.0 cm³/mol. The van der Waals surface area contributed by atoms with Crippen LogP contribution in [0, 0.1) is 5.92 Å². The molecule has 20 heavy (non-hydrogen) atoms. The lowest BCUT2D eigenvalue weighted by Gasteiger charge is -2.42. The van der Waals surface area contributed by atoms with Gasteiger partial charge in [-0.1, -0.05) is 25.0 Å². The monoisotopic (exact) mass is 323 g/mol. The summed E-state index contributed by atoms with van der Waals surface area (Å²) in [5, 5.41) is 7.34. The lowest BCUT2D eigenvalue weighted by atomic mass is 9.74. The van der Waals surface area contributed by atoms with E-state index in [9.17, 15) is 8.42 Å². The van der Waals surface area contributed by atoms with Crippen LogP contribution in [0.15, 0.2) is 11.2 Å². The normalized spacial score (nSPS) is 27.1. The van der Waals surface area contributed by atoms with Gasteiger partial charge >= 0.3 is 0 Å². The summed E-state index contributed by atoms with van der Waals surface area (Å²) in [5.74, 6) is 0.224. The molecule has 116 valence electrons. The van der Waals surface area contributed by atoms with Gasteiger partial charge in [-0.15, -0.1) is 17.5 Å². The second-order valence-corrected chi connectivity index (χ2v) is 6.94. The highest BCUT2D eigenvalue weighted by atomic mass is 35.5. The van der Waals surface area contributed by atoms with Crippen molar-refractivity contribution < 1.29 is 8.42 Å². The van der Waals surface area contributed by atoms with E-state index in [-0.39, 0.29) is 23.4 Å². The first-order chi connectivity index (χ1) is 8.91. The Balaban J connectivity index is 0.00000200. The van der Waals surface area contributed by atoms with Gasteiger partial charge in [0.25, 0.3) is 10.0 Å². The molecule has 1 aliphatic carbocycles. The number of halogens is 1. The maximum absolute atomic E-state index is 12.4. The third-order valence-corrected chi connectivity index (χ3v) is 5.70. The van der Waals surface area contributed by atoms with Crippen molar-refractivity contribution in [2.45, 2.75) is 43.2 Å². The van der Waals surface area contributed by atoms with E-state index in [1.54, 1.807) is 7.05 Å². The van der Waals surface area contributed by atoms with Gasteiger partial charge < -0.3 is 5.73 Å². The van der Waals surface area contributed by atoms with Crippen molar-refractivity contribution in [3.05, 3.63) is 6.20 Å². The van der Waals surface area contributed by atoms with Crippen molar-refractivity contribution in [3.63, 3.8) is 0 Å². The van der Waals surface area contributed by atoms with Gasteiger partial charge in [0.05, 0.1) is 6.20 Å². The Bertz CT molecular complexity index is 547. The van der Waals surface area contributed by atoms with Crippen LogP contribution in [0.1, 0.15) is 32.6 Å². The Kier molecular flexibility index (Phi) is 5.54. The van der Waals surface area contributed by atoms with E-state index in [0.29, 0.717) is 6.54 Å². The van der Waals surface area contributed by atoms with Crippen LogP contribution in [-0.2, 0) is 17.1 Å². The second-order valence-electron chi connectivity index (χ2n) is 5.31. The van der Waals surface area contributed by atoms with Gasteiger partial charge in [0.15, 0.2) is 5.03 Å². The van der Waals surface area contributed by atoms with E-state index in [1.807, 2.05) is 0 Å². The first kappa shape index (κ1) is 17.4. The molecule has 0 spiro atoms. The number of nitrogens with zero attached hydrogens (tertiary/aromatic N) is 3. The third kappa shape index (κ3) is 3.13. The zero-order valence-corrected chi connectivity index (χ0v) is 13.4. The second kappa shape index (κ2) is 6.38. The Hall–Kier alpha value is -0.700. The largest absolute Gasteiger partial charge is 0.329 e. The average Bonchev–Trinajstić information content (AvgIpc) is 2.79. The van der Waals surface area contributed by atoms with Crippen LogP contribution >= 0.6 is 12.4 Å². The highest BCUT2D eigenvalue weighted by Crippen LogP contribution is 2.34. The molecule has 3 N–H and O–H groups in total. The van der Waals surface area contributed by atoms with Crippen molar-refractivity contribution in [2.24, 2.45) is 18.7 Å². The maximum atomic E-state index is 12.4. The summed E-state index contributed by atoms with van der Waals surface area (Å²) in [6.07, 6.45) is 5.13. The summed E-state index contributed by atoms with van der Waals surface area (Å²) in [5.41, 5.74) is 5.31. The summed E-state index contributed by atoms with van der Waals surface area (Å²) >= 11 is 0. The van der Waals surface area contributed by atoms with E-state index < -0.39 is 15.6 Å². The average molecular weight is 324 g/mol. The first-order valence-corrected chi connectivity index (χ1v) is 7.98. The molecule has 7 nitrogen and oxygen atoms in total. The number of nitrogens with two attached hydrogens (primary N) is 1.